The summed E-state index contributed by atoms with van der Waals surface area (Å²) in [6.07, 6.45) is 1.78. The fourth-order valence-corrected chi connectivity index (χ4v) is 3.13. The quantitative estimate of drug-likeness (QED) is 0.731. The minimum atomic E-state index is 0.130. The lowest BCUT2D eigenvalue weighted by Crippen LogP contribution is -2.25. The number of halogens is 1. The molecule has 0 heterocycles. The molecule has 3 aromatic carbocycles. The van der Waals surface area contributed by atoms with Crippen molar-refractivity contribution in [3.8, 4) is 0 Å². The van der Waals surface area contributed by atoms with Crippen molar-refractivity contribution in [3.05, 3.63) is 82.3 Å². The van der Waals surface area contributed by atoms with Crippen LogP contribution in [0.5, 0.6) is 0 Å². The Kier molecular flexibility index (Phi) is 4.37. The number of hydrogen-bond donors (Lipinski definition) is 1. The summed E-state index contributed by atoms with van der Waals surface area (Å²) in [6, 6.07) is 23.5. The molecular formula is C19H18BrN. The highest BCUT2D eigenvalue weighted by molar-refractivity contribution is 9.10. The predicted octanol–water partition coefficient (Wildman–Crippen LogP) is 4.71. The monoisotopic (exact) mass is 339 g/mol. The van der Waals surface area contributed by atoms with E-state index in [1.165, 1.54) is 21.9 Å². The van der Waals surface area contributed by atoms with Gasteiger partial charge in [-0.15, -0.1) is 0 Å². The van der Waals surface area contributed by atoms with Crippen molar-refractivity contribution < 1.29 is 0 Å². The van der Waals surface area contributed by atoms with Gasteiger partial charge in [0.1, 0.15) is 0 Å². The van der Waals surface area contributed by atoms with Gasteiger partial charge in [-0.3, -0.25) is 0 Å². The molecule has 0 amide bonds. The van der Waals surface area contributed by atoms with E-state index in [9.17, 15) is 0 Å². The molecule has 0 aliphatic heterocycles. The molecule has 0 radical (unpaired) electrons. The van der Waals surface area contributed by atoms with Gasteiger partial charge in [-0.25, -0.2) is 0 Å². The molecule has 2 heteroatoms. The second kappa shape index (κ2) is 6.42. The van der Waals surface area contributed by atoms with Gasteiger partial charge >= 0.3 is 0 Å². The van der Waals surface area contributed by atoms with Crippen molar-refractivity contribution in [3.63, 3.8) is 0 Å². The van der Waals surface area contributed by atoms with Crippen LogP contribution in [0.3, 0.4) is 0 Å². The maximum atomic E-state index is 6.33. The van der Waals surface area contributed by atoms with E-state index in [2.05, 4.69) is 76.6 Å². The van der Waals surface area contributed by atoms with Crippen molar-refractivity contribution in [2.45, 2.75) is 18.9 Å². The van der Waals surface area contributed by atoms with E-state index in [1.807, 2.05) is 6.07 Å². The van der Waals surface area contributed by atoms with Crippen molar-refractivity contribution in [2.75, 3.05) is 0 Å². The fraction of sp³-hybridized carbons (Fsp3) is 0.158. The number of nitrogens with two attached hydrogens (primary N) is 1. The molecule has 0 spiro atoms. The summed E-state index contributed by atoms with van der Waals surface area (Å²) < 4.78 is 1.14. The first-order valence-corrected chi connectivity index (χ1v) is 7.98. The Morgan fingerprint density at radius 1 is 0.810 bits per heavy atom. The summed E-state index contributed by atoms with van der Waals surface area (Å²) in [5, 5.41) is 2.56. The summed E-state index contributed by atoms with van der Waals surface area (Å²) in [4.78, 5) is 0. The van der Waals surface area contributed by atoms with Crippen molar-refractivity contribution >= 4 is 26.7 Å². The molecule has 0 bridgehead atoms. The first-order chi connectivity index (χ1) is 10.2. The zero-order valence-corrected chi connectivity index (χ0v) is 13.4. The molecule has 0 fully saturated rings. The van der Waals surface area contributed by atoms with Crippen LogP contribution < -0.4 is 5.73 Å². The van der Waals surface area contributed by atoms with Gasteiger partial charge in [0.2, 0.25) is 0 Å². The highest BCUT2D eigenvalue weighted by Gasteiger charge is 2.08. The van der Waals surface area contributed by atoms with E-state index < -0.39 is 0 Å². The summed E-state index contributed by atoms with van der Waals surface area (Å²) in [5.41, 5.74) is 8.90. The zero-order valence-electron chi connectivity index (χ0n) is 11.8. The van der Waals surface area contributed by atoms with Crippen molar-refractivity contribution in [1.29, 1.82) is 0 Å². The number of hydrogen-bond acceptors (Lipinski definition) is 1. The van der Waals surface area contributed by atoms with Gasteiger partial charge < -0.3 is 5.73 Å². The van der Waals surface area contributed by atoms with E-state index in [0.717, 1.165) is 17.3 Å². The molecule has 0 saturated heterocycles. The van der Waals surface area contributed by atoms with Crippen molar-refractivity contribution in [1.82, 2.24) is 0 Å². The third-order valence-corrected chi connectivity index (χ3v) is 4.53. The average molecular weight is 340 g/mol. The molecule has 21 heavy (non-hydrogen) atoms. The second-order valence-electron chi connectivity index (χ2n) is 5.44. The molecule has 106 valence electrons. The SMILES string of the molecule is NC(Cc1ccc2ccccc2c1)Cc1ccccc1Br. The fourth-order valence-electron chi connectivity index (χ4n) is 2.69. The van der Waals surface area contributed by atoms with E-state index in [4.69, 9.17) is 5.73 Å². The first-order valence-electron chi connectivity index (χ1n) is 7.19. The van der Waals surface area contributed by atoms with Gasteiger partial charge in [0, 0.05) is 10.5 Å². The highest BCUT2D eigenvalue weighted by atomic mass is 79.9. The summed E-state index contributed by atoms with van der Waals surface area (Å²) >= 11 is 3.59. The number of benzene rings is 3. The van der Waals surface area contributed by atoms with Gasteiger partial charge in [0.25, 0.3) is 0 Å². The van der Waals surface area contributed by atoms with Crippen molar-refractivity contribution in [2.24, 2.45) is 5.73 Å². The molecule has 2 N–H and O–H groups in total. The Balaban J connectivity index is 1.74. The molecule has 1 nitrogen and oxygen atoms in total. The lowest BCUT2D eigenvalue weighted by atomic mass is 9.98. The van der Waals surface area contributed by atoms with Gasteiger partial charge in [-0.05, 0) is 40.8 Å². The molecule has 3 rings (SSSR count). The van der Waals surface area contributed by atoms with Crippen LogP contribution in [0.2, 0.25) is 0 Å². The Labute approximate surface area is 133 Å². The zero-order chi connectivity index (χ0) is 14.7. The predicted molar refractivity (Wildman–Crippen MR) is 93.5 cm³/mol. The molecular weight excluding hydrogens is 322 g/mol. The van der Waals surface area contributed by atoms with Crippen LogP contribution in [-0.2, 0) is 12.8 Å². The van der Waals surface area contributed by atoms with Crippen LogP contribution in [0.25, 0.3) is 10.8 Å². The topological polar surface area (TPSA) is 26.0 Å². The smallest absolute Gasteiger partial charge is 0.0207 e. The van der Waals surface area contributed by atoms with Crippen LogP contribution in [0.4, 0.5) is 0 Å². The summed E-state index contributed by atoms with van der Waals surface area (Å²) in [7, 11) is 0. The maximum Gasteiger partial charge on any atom is 0.0207 e. The van der Waals surface area contributed by atoms with Crippen LogP contribution in [0.15, 0.2) is 71.2 Å². The van der Waals surface area contributed by atoms with Gasteiger partial charge in [0.05, 0.1) is 0 Å². The Bertz CT molecular complexity index is 751. The lowest BCUT2D eigenvalue weighted by Gasteiger charge is -2.13. The molecule has 0 aliphatic carbocycles. The third-order valence-electron chi connectivity index (χ3n) is 3.75. The summed E-state index contributed by atoms with van der Waals surface area (Å²) in [5.74, 6) is 0. The van der Waals surface area contributed by atoms with Gasteiger partial charge in [-0.1, -0.05) is 76.6 Å². The van der Waals surface area contributed by atoms with E-state index >= 15 is 0 Å². The second-order valence-corrected chi connectivity index (χ2v) is 6.30. The Morgan fingerprint density at radius 3 is 2.33 bits per heavy atom. The average Bonchev–Trinajstić information content (AvgIpc) is 2.49. The Hall–Kier alpha value is -1.64. The van der Waals surface area contributed by atoms with E-state index in [-0.39, 0.29) is 6.04 Å². The molecule has 1 atom stereocenters. The molecule has 3 aromatic rings. The number of rotatable bonds is 4. The van der Waals surface area contributed by atoms with E-state index in [0.29, 0.717) is 0 Å². The lowest BCUT2D eigenvalue weighted by molar-refractivity contribution is 0.664. The van der Waals surface area contributed by atoms with Gasteiger partial charge in [0.15, 0.2) is 0 Å². The maximum absolute atomic E-state index is 6.33. The standard InChI is InChI=1S/C19H18BrN/c20-19-8-4-3-7-17(19)13-18(21)12-14-9-10-15-5-1-2-6-16(15)11-14/h1-11,18H,12-13,21H2. The minimum Gasteiger partial charge on any atom is -0.327 e. The van der Waals surface area contributed by atoms with Crippen LogP contribution in [-0.4, -0.2) is 6.04 Å². The third kappa shape index (κ3) is 3.52. The molecule has 0 aliphatic rings. The molecule has 0 saturated carbocycles. The Morgan fingerprint density at radius 2 is 1.52 bits per heavy atom. The highest BCUT2D eigenvalue weighted by Crippen LogP contribution is 2.20. The number of fused-ring (bicyclic) bond motifs is 1. The van der Waals surface area contributed by atoms with Crippen LogP contribution in [0.1, 0.15) is 11.1 Å². The summed E-state index contributed by atoms with van der Waals surface area (Å²) in [6.45, 7) is 0. The minimum absolute atomic E-state index is 0.130. The van der Waals surface area contributed by atoms with E-state index in [1.54, 1.807) is 0 Å². The van der Waals surface area contributed by atoms with Crippen LogP contribution >= 0.6 is 15.9 Å². The largest absolute Gasteiger partial charge is 0.327 e. The molecule has 0 aromatic heterocycles. The first kappa shape index (κ1) is 14.3. The molecule has 1 unspecified atom stereocenters. The van der Waals surface area contributed by atoms with Gasteiger partial charge in [-0.2, -0.15) is 0 Å². The van der Waals surface area contributed by atoms with Crippen LogP contribution in [0, 0.1) is 0 Å². The normalized spacial score (nSPS) is 12.5.